The summed E-state index contributed by atoms with van der Waals surface area (Å²) in [5.74, 6) is 2.82. The average molecular weight is 538 g/mol. The minimum absolute atomic E-state index is 0.0811. The van der Waals surface area contributed by atoms with Crippen molar-refractivity contribution < 1.29 is 37.4 Å². The number of nitrogens with one attached hydrogen (secondary N) is 1. The molecule has 4 unspecified atom stereocenters. The van der Waals surface area contributed by atoms with E-state index in [4.69, 9.17) is 23.1 Å². The minimum Gasteiger partial charge on any atom is -0.463 e. The van der Waals surface area contributed by atoms with Crippen LogP contribution in [0, 0.1) is 11.8 Å². The summed E-state index contributed by atoms with van der Waals surface area (Å²) < 4.78 is 47.1. The van der Waals surface area contributed by atoms with Crippen molar-refractivity contribution in [2.24, 2.45) is 0 Å². The summed E-state index contributed by atoms with van der Waals surface area (Å²) in [6, 6.07) is 0. The van der Waals surface area contributed by atoms with Crippen molar-refractivity contribution in [1.29, 1.82) is 0 Å². The number of hydrogen-bond donors (Lipinski definition) is 1. The van der Waals surface area contributed by atoms with E-state index in [1.54, 1.807) is 20.8 Å². The van der Waals surface area contributed by atoms with Crippen LogP contribution in [0.3, 0.4) is 0 Å². The van der Waals surface area contributed by atoms with Gasteiger partial charge >= 0.3 is 23.6 Å². The van der Waals surface area contributed by atoms with E-state index in [1.165, 1.54) is 6.92 Å². The van der Waals surface area contributed by atoms with Crippen LogP contribution in [0.4, 0.5) is 0 Å². The van der Waals surface area contributed by atoms with Gasteiger partial charge in [-0.25, -0.2) is 4.79 Å². The second-order valence-corrected chi connectivity index (χ2v) is 8.44. The van der Waals surface area contributed by atoms with Crippen molar-refractivity contribution in [2.75, 3.05) is 6.61 Å². The second-order valence-electron chi connectivity index (χ2n) is 8.44. The van der Waals surface area contributed by atoms with E-state index in [1.807, 2.05) is 0 Å². The molecule has 0 aromatic carbocycles. The number of carbonyl (C=O) groups excluding carboxylic acids is 3. The largest absolute Gasteiger partial charge is 0.463 e. The van der Waals surface area contributed by atoms with E-state index < -0.39 is 79.5 Å². The fraction of sp³-hybridized carbons (Fsp3) is 0.667. The van der Waals surface area contributed by atoms with Crippen molar-refractivity contribution in [3.63, 3.8) is 0 Å². The van der Waals surface area contributed by atoms with Crippen LogP contribution < -0.4 is 11.2 Å². The van der Waals surface area contributed by atoms with Gasteiger partial charge in [-0.05, 0) is 26.1 Å². The Kier molecular flexibility index (Phi) is 10.9. The van der Waals surface area contributed by atoms with Gasteiger partial charge < -0.3 is 18.9 Å². The van der Waals surface area contributed by atoms with Crippen LogP contribution >= 0.6 is 0 Å². The van der Waals surface area contributed by atoms with Crippen LogP contribution in [-0.4, -0.2) is 52.4 Å². The lowest BCUT2D eigenvalue weighted by molar-refractivity contribution is -0.169. The van der Waals surface area contributed by atoms with Crippen molar-refractivity contribution in [2.45, 2.75) is 110 Å². The Balaban J connectivity index is 2.52. The Hall–Kier alpha value is -3.39. The highest BCUT2D eigenvalue weighted by Crippen LogP contribution is 2.34. The SMILES string of the molecule is [2H]C(CC)CC(=O)OC[C@H]1OC(n2cc(C#CC)c(=O)[nH]c2=O)[C@@H](OC(=O)CC([2H])CC)[C@@H]1OC(=O)CC([2H])CC. The molecule has 210 valence electrons. The number of esters is 3. The van der Waals surface area contributed by atoms with Gasteiger partial charge in [0, 0.05) is 29.6 Å². The minimum atomic E-state index is -1.45. The third-order valence-corrected chi connectivity index (χ3v) is 5.53. The van der Waals surface area contributed by atoms with E-state index >= 15 is 0 Å². The predicted molar refractivity (Wildman–Crippen MR) is 137 cm³/mol. The number of hydrogen-bond acceptors (Lipinski definition) is 9. The van der Waals surface area contributed by atoms with Gasteiger partial charge in [0.2, 0.25) is 0 Å². The predicted octanol–water partition coefficient (Wildman–Crippen LogP) is 2.74. The number of nitrogens with zero attached hydrogens (tertiary/aromatic N) is 1. The highest BCUT2D eigenvalue weighted by Gasteiger charge is 2.51. The molecule has 1 saturated heterocycles. The summed E-state index contributed by atoms with van der Waals surface area (Å²) in [4.78, 5) is 65.1. The summed E-state index contributed by atoms with van der Waals surface area (Å²) in [6.45, 7) is 6.23. The number of aromatic nitrogens is 2. The molecule has 2 heterocycles. The molecular formula is C27H38N2O9. The van der Waals surface area contributed by atoms with Gasteiger partial charge in [0.15, 0.2) is 18.4 Å². The van der Waals surface area contributed by atoms with Gasteiger partial charge in [-0.2, -0.15) is 0 Å². The molecule has 0 aliphatic carbocycles. The van der Waals surface area contributed by atoms with Crippen LogP contribution in [0.15, 0.2) is 15.8 Å². The molecule has 0 spiro atoms. The molecule has 0 amide bonds. The summed E-state index contributed by atoms with van der Waals surface area (Å²) in [5, 5.41) is 0. The van der Waals surface area contributed by atoms with Gasteiger partial charge in [-0.1, -0.05) is 46.0 Å². The average Bonchev–Trinajstić information content (AvgIpc) is 3.24. The summed E-state index contributed by atoms with van der Waals surface area (Å²) in [7, 11) is 0. The highest BCUT2D eigenvalue weighted by molar-refractivity contribution is 5.71. The fourth-order valence-corrected chi connectivity index (χ4v) is 3.65. The molecule has 1 N–H and O–H groups in total. The van der Waals surface area contributed by atoms with E-state index in [0.29, 0.717) is 19.3 Å². The Morgan fingerprint density at radius 3 is 2.08 bits per heavy atom. The molecule has 1 aliphatic rings. The Labute approximate surface area is 226 Å². The number of rotatable bonds is 14. The highest BCUT2D eigenvalue weighted by atomic mass is 16.7. The molecule has 1 fully saturated rings. The zero-order valence-corrected chi connectivity index (χ0v) is 22.2. The van der Waals surface area contributed by atoms with Gasteiger partial charge in [0.05, 0.1) is 0 Å². The molecule has 1 aromatic rings. The smallest absolute Gasteiger partial charge is 0.330 e. The van der Waals surface area contributed by atoms with Gasteiger partial charge in [-0.15, -0.1) is 5.92 Å². The van der Waals surface area contributed by atoms with Crippen molar-refractivity contribution in [1.82, 2.24) is 9.55 Å². The van der Waals surface area contributed by atoms with Gasteiger partial charge in [-0.3, -0.25) is 28.7 Å². The van der Waals surface area contributed by atoms with E-state index in [9.17, 15) is 24.0 Å². The van der Waals surface area contributed by atoms with E-state index in [-0.39, 0.29) is 24.8 Å². The first kappa shape index (κ1) is 26.2. The molecule has 1 aromatic heterocycles. The van der Waals surface area contributed by atoms with Crippen LogP contribution in [0.2, 0.25) is 0 Å². The Morgan fingerprint density at radius 1 is 0.974 bits per heavy atom. The maximum atomic E-state index is 12.8. The molecule has 11 nitrogen and oxygen atoms in total. The first-order valence-corrected chi connectivity index (χ1v) is 12.7. The molecule has 1 aliphatic heterocycles. The molecule has 2 rings (SSSR count). The van der Waals surface area contributed by atoms with Crippen molar-refractivity contribution in [3.8, 4) is 11.8 Å². The first-order valence-electron chi connectivity index (χ1n) is 14.4. The van der Waals surface area contributed by atoms with Gasteiger partial charge in [0.25, 0.3) is 5.56 Å². The molecule has 0 saturated carbocycles. The Morgan fingerprint density at radius 2 is 1.53 bits per heavy atom. The van der Waals surface area contributed by atoms with E-state index in [0.717, 1.165) is 10.8 Å². The standard InChI is InChI=1S/C27H38N2O9/c1-5-9-13-20(30)35-17-19-23(37-21(31)14-10-6-2)24(38-22(32)15-11-7-3)26(36-19)29-16-18(12-8-4)25(33)28-27(29)34/h16,19,23-24,26H,5-7,9-11,13-15,17H2,1-4H3,(H,28,33,34)/t19-,23-,24+,26?/m1/s1/i9D,10D,11D/t9?,10?,11?,19-,23-,24+,26?. The topological polar surface area (TPSA) is 143 Å². The monoisotopic (exact) mass is 537 g/mol. The molecule has 7 atom stereocenters. The molecule has 0 bridgehead atoms. The van der Waals surface area contributed by atoms with Crippen molar-refractivity contribution in [3.05, 3.63) is 32.6 Å². The number of H-pyrrole nitrogens is 1. The lowest BCUT2D eigenvalue weighted by Crippen LogP contribution is -2.43. The number of carbonyl (C=O) groups is 3. The lowest BCUT2D eigenvalue weighted by Gasteiger charge is -2.25. The van der Waals surface area contributed by atoms with Crippen LogP contribution in [0.1, 0.15) is 101 Å². The van der Waals surface area contributed by atoms with Crippen LogP contribution in [0.25, 0.3) is 0 Å². The first-order chi connectivity index (χ1) is 19.4. The van der Waals surface area contributed by atoms with Crippen LogP contribution in [0.5, 0.6) is 0 Å². The van der Waals surface area contributed by atoms with Crippen molar-refractivity contribution >= 4 is 17.9 Å². The zero-order valence-electron chi connectivity index (χ0n) is 25.2. The molecular weight excluding hydrogens is 496 g/mol. The number of aromatic amines is 1. The third kappa shape index (κ3) is 8.87. The summed E-state index contributed by atoms with van der Waals surface area (Å²) in [5.41, 5.74) is -1.75. The summed E-state index contributed by atoms with van der Waals surface area (Å²) in [6.07, 6.45) is -6.16. The fourth-order valence-electron chi connectivity index (χ4n) is 3.65. The molecule has 38 heavy (non-hydrogen) atoms. The molecule has 0 radical (unpaired) electrons. The zero-order chi connectivity index (χ0) is 30.7. The maximum absolute atomic E-state index is 12.8. The van der Waals surface area contributed by atoms with Crippen LogP contribution in [-0.2, 0) is 33.3 Å². The maximum Gasteiger partial charge on any atom is 0.330 e. The normalized spacial score (nSPS) is 23.9. The number of ether oxygens (including phenoxy) is 4. The third-order valence-electron chi connectivity index (χ3n) is 5.53. The Bertz CT molecular complexity index is 1240. The second kappa shape index (κ2) is 15.8. The van der Waals surface area contributed by atoms with E-state index in [2.05, 4.69) is 16.8 Å². The molecule has 11 heteroatoms. The summed E-state index contributed by atoms with van der Waals surface area (Å²) >= 11 is 0. The van der Waals surface area contributed by atoms with Gasteiger partial charge in [0.1, 0.15) is 18.3 Å². The quantitative estimate of drug-likeness (QED) is 0.215. The lowest BCUT2D eigenvalue weighted by atomic mass is 10.1.